The maximum Gasteiger partial charge on any atom is 0.168 e. The van der Waals surface area contributed by atoms with Gasteiger partial charge >= 0.3 is 0 Å². The van der Waals surface area contributed by atoms with Gasteiger partial charge in [-0.3, -0.25) is 0 Å². The predicted molar refractivity (Wildman–Crippen MR) is 60.2 cm³/mol. The third kappa shape index (κ3) is 1.60. The fourth-order valence-electron chi connectivity index (χ4n) is 1.66. The van der Waals surface area contributed by atoms with Crippen molar-refractivity contribution in [2.75, 3.05) is 5.73 Å². The molecule has 0 bridgehead atoms. The summed E-state index contributed by atoms with van der Waals surface area (Å²) in [7, 11) is 0. The van der Waals surface area contributed by atoms with Crippen molar-refractivity contribution in [2.45, 2.75) is 19.8 Å². The van der Waals surface area contributed by atoms with Crippen LogP contribution in [0, 0.1) is 11.6 Å². The van der Waals surface area contributed by atoms with Crippen molar-refractivity contribution < 1.29 is 8.78 Å². The van der Waals surface area contributed by atoms with Gasteiger partial charge in [0.25, 0.3) is 0 Å². The number of nitrogens with zero attached hydrogens (tertiary/aromatic N) is 1. The summed E-state index contributed by atoms with van der Waals surface area (Å²) < 4.78 is 27.3. The second kappa shape index (κ2) is 3.70. The maximum absolute atomic E-state index is 13.7. The second-order valence-corrected chi connectivity index (χ2v) is 4.05. The van der Waals surface area contributed by atoms with Gasteiger partial charge in [0.2, 0.25) is 0 Å². The molecule has 0 aliphatic rings. The summed E-state index contributed by atoms with van der Waals surface area (Å²) in [4.78, 5) is 3.99. The molecule has 84 valence electrons. The molecule has 0 atom stereocenters. The molecule has 16 heavy (non-hydrogen) atoms. The molecule has 2 nitrogen and oxygen atoms in total. The Bertz CT molecular complexity index is 550. The Balaban J connectivity index is 2.83. The van der Waals surface area contributed by atoms with E-state index in [4.69, 9.17) is 5.73 Å². The lowest BCUT2D eigenvalue weighted by Gasteiger charge is -2.10. The summed E-state index contributed by atoms with van der Waals surface area (Å²) in [6.07, 6.45) is 0. The number of pyridine rings is 1. The van der Waals surface area contributed by atoms with Crippen LogP contribution in [0.25, 0.3) is 10.9 Å². The van der Waals surface area contributed by atoms with Gasteiger partial charge in [-0.1, -0.05) is 13.8 Å². The van der Waals surface area contributed by atoms with Crippen LogP contribution < -0.4 is 5.73 Å². The average Bonchev–Trinajstić information content (AvgIpc) is 2.22. The van der Waals surface area contributed by atoms with Crippen LogP contribution in [-0.4, -0.2) is 4.98 Å². The first-order valence-electron chi connectivity index (χ1n) is 5.05. The molecule has 0 saturated carbocycles. The molecule has 0 radical (unpaired) electrons. The van der Waals surface area contributed by atoms with Crippen LogP contribution in [0.15, 0.2) is 18.2 Å². The van der Waals surface area contributed by atoms with Gasteiger partial charge in [-0.25, -0.2) is 13.8 Å². The van der Waals surface area contributed by atoms with Gasteiger partial charge in [0.05, 0.1) is 5.52 Å². The highest BCUT2D eigenvalue weighted by Gasteiger charge is 2.16. The topological polar surface area (TPSA) is 38.9 Å². The lowest BCUT2D eigenvalue weighted by Crippen LogP contribution is -2.00. The Hall–Kier alpha value is -1.71. The van der Waals surface area contributed by atoms with E-state index >= 15 is 0 Å². The molecule has 0 aliphatic heterocycles. The SMILES string of the molecule is CC(C)c1cc2nc(N)ccc2c(F)c1F. The largest absolute Gasteiger partial charge is 0.384 e. The molecule has 0 aliphatic carbocycles. The average molecular weight is 222 g/mol. The number of hydrogen-bond acceptors (Lipinski definition) is 2. The number of nitrogen functional groups attached to an aromatic ring is 1. The van der Waals surface area contributed by atoms with Gasteiger partial charge in [-0.05, 0) is 29.7 Å². The van der Waals surface area contributed by atoms with Crippen LogP contribution in [0.2, 0.25) is 0 Å². The van der Waals surface area contributed by atoms with E-state index in [-0.39, 0.29) is 11.3 Å². The molecule has 2 aromatic rings. The summed E-state index contributed by atoms with van der Waals surface area (Å²) in [5, 5.41) is 0.163. The van der Waals surface area contributed by atoms with E-state index in [1.54, 1.807) is 19.9 Å². The summed E-state index contributed by atoms with van der Waals surface area (Å²) >= 11 is 0. The molecule has 0 spiro atoms. The molecule has 1 aromatic heterocycles. The molecular weight excluding hydrogens is 210 g/mol. The Morgan fingerprint density at radius 3 is 2.50 bits per heavy atom. The number of hydrogen-bond donors (Lipinski definition) is 1. The highest BCUT2D eigenvalue weighted by Crippen LogP contribution is 2.27. The molecule has 1 heterocycles. The minimum atomic E-state index is -0.853. The van der Waals surface area contributed by atoms with E-state index in [2.05, 4.69) is 4.98 Å². The van der Waals surface area contributed by atoms with Gasteiger partial charge in [-0.2, -0.15) is 0 Å². The summed E-state index contributed by atoms with van der Waals surface area (Å²) in [5.41, 5.74) is 6.22. The first-order valence-corrected chi connectivity index (χ1v) is 5.05. The Labute approximate surface area is 92.1 Å². The minimum Gasteiger partial charge on any atom is -0.384 e. The lowest BCUT2D eigenvalue weighted by atomic mass is 10.00. The van der Waals surface area contributed by atoms with Crippen molar-refractivity contribution in [1.82, 2.24) is 4.98 Å². The van der Waals surface area contributed by atoms with Crippen LogP contribution >= 0.6 is 0 Å². The zero-order chi connectivity index (χ0) is 11.9. The van der Waals surface area contributed by atoms with Crippen molar-refractivity contribution in [3.8, 4) is 0 Å². The summed E-state index contributed by atoms with van der Waals surface area (Å²) in [6, 6.07) is 4.45. The molecule has 0 unspecified atom stereocenters. The van der Waals surface area contributed by atoms with E-state index in [0.717, 1.165) is 0 Å². The fourth-order valence-corrected chi connectivity index (χ4v) is 1.66. The number of halogens is 2. The van der Waals surface area contributed by atoms with E-state index in [1.165, 1.54) is 12.1 Å². The summed E-state index contributed by atoms with van der Waals surface area (Å²) in [6.45, 7) is 3.60. The standard InChI is InChI=1S/C12H12F2N2/c1-6(2)8-5-9-7(11(13)12(8)14)3-4-10(15)16-9/h3-6H,1-2H3,(H2,15,16). The molecule has 0 amide bonds. The van der Waals surface area contributed by atoms with Crippen LogP contribution in [-0.2, 0) is 0 Å². The van der Waals surface area contributed by atoms with Crippen molar-refractivity contribution in [3.05, 3.63) is 35.4 Å². The zero-order valence-electron chi connectivity index (χ0n) is 9.09. The maximum atomic E-state index is 13.7. The van der Waals surface area contributed by atoms with Gasteiger partial charge in [-0.15, -0.1) is 0 Å². The van der Waals surface area contributed by atoms with E-state index in [9.17, 15) is 8.78 Å². The first-order chi connectivity index (χ1) is 7.50. The number of rotatable bonds is 1. The van der Waals surface area contributed by atoms with Gasteiger partial charge in [0.1, 0.15) is 5.82 Å². The molecule has 0 fully saturated rings. The van der Waals surface area contributed by atoms with Crippen LogP contribution in [0.1, 0.15) is 25.3 Å². The van der Waals surface area contributed by atoms with Crippen molar-refractivity contribution in [3.63, 3.8) is 0 Å². The number of fused-ring (bicyclic) bond motifs is 1. The smallest absolute Gasteiger partial charge is 0.168 e. The third-order valence-corrected chi connectivity index (χ3v) is 2.54. The van der Waals surface area contributed by atoms with Crippen LogP contribution in [0.4, 0.5) is 14.6 Å². The highest BCUT2D eigenvalue weighted by atomic mass is 19.2. The molecule has 2 rings (SSSR count). The number of benzene rings is 1. The predicted octanol–water partition coefficient (Wildman–Crippen LogP) is 3.22. The van der Waals surface area contributed by atoms with Gasteiger partial charge in [0, 0.05) is 5.39 Å². The Morgan fingerprint density at radius 2 is 1.88 bits per heavy atom. The zero-order valence-corrected chi connectivity index (χ0v) is 9.09. The second-order valence-electron chi connectivity index (χ2n) is 4.05. The quantitative estimate of drug-likeness (QED) is 0.804. The highest BCUT2D eigenvalue weighted by molar-refractivity contribution is 5.81. The molecule has 2 N–H and O–H groups in total. The van der Waals surface area contributed by atoms with Gasteiger partial charge < -0.3 is 5.73 Å². The minimum absolute atomic E-state index is 0.0952. The van der Waals surface area contributed by atoms with E-state index in [1.807, 2.05) is 0 Å². The first kappa shape index (κ1) is 10.8. The van der Waals surface area contributed by atoms with Crippen molar-refractivity contribution >= 4 is 16.7 Å². The Morgan fingerprint density at radius 1 is 1.19 bits per heavy atom. The molecule has 0 saturated heterocycles. The van der Waals surface area contributed by atoms with Crippen molar-refractivity contribution in [1.29, 1.82) is 0 Å². The lowest BCUT2D eigenvalue weighted by molar-refractivity contribution is 0.501. The van der Waals surface area contributed by atoms with E-state index < -0.39 is 11.6 Å². The normalized spacial score (nSPS) is 11.3. The third-order valence-electron chi connectivity index (χ3n) is 2.54. The van der Waals surface area contributed by atoms with Crippen molar-refractivity contribution in [2.24, 2.45) is 0 Å². The molecule has 4 heteroatoms. The Kier molecular flexibility index (Phi) is 2.50. The van der Waals surface area contributed by atoms with Crippen LogP contribution in [0.3, 0.4) is 0 Å². The number of nitrogens with two attached hydrogens (primary N) is 1. The van der Waals surface area contributed by atoms with Crippen LogP contribution in [0.5, 0.6) is 0 Å². The monoisotopic (exact) mass is 222 g/mol. The number of aromatic nitrogens is 1. The molecular formula is C12H12F2N2. The fraction of sp³-hybridized carbons (Fsp3) is 0.250. The summed E-state index contributed by atoms with van der Waals surface area (Å²) in [5.74, 6) is -1.45. The molecule has 1 aromatic carbocycles. The number of anilines is 1. The van der Waals surface area contributed by atoms with Gasteiger partial charge in [0.15, 0.2) is 11.6 Å². The van der Waals surface area contributed by atoms with E-state index in [0.29, 0.717) is 16.9 Å².